The molecule has 3 aromatic rings. The lowest BCUT2D eigenvalue weighted by molar-refractivity contribution is 0.0528. The number of fused-ring (bicyclic) bond motifs is 1. The molecule has 0 saturated carbocycles. The second-order valence-corrected chi connectivity index (χ2v) is 7.06. The van der Waals surface area contributed by atoms with Crippen molar-refractivity contribution < 1.29 is 17.9 Å². The van der Waals surface area contributed by atoms with E-state index in [2.05, 4.69) is 4.98 Å². The molecule has 6 nitrogen and oxygen atoms in total. The molecular weight excluding hydrogens is 328 g/mol. The predicted octanol–water partition coefficient (Wildman–Crippen LogP) is 2.76. The third-order valence-electron chi connectivity index (χ3n) is 3.63. The van der Waals surface area contributed by atoms with Gasteiger partial charge in [0.2, 0.25) is 0 Å². The van der Waals surface area contributed by atoms with Gasteiger partial charge in [-0.15, -0.1) is 0 Å². The van der Waals surface area contributed by atoms with Gasteiger partial charge in [0, 0.05) is 17.8 Å². The first-order valence-electron chi connectivity index (χ1n) is 7.40. The molecule has 2 aromatic heterocycles. The van der Waals surface area contributed by atoms with Gasteiger partial charge in [-0.05, 0) is 38.1 Å². The summed E-state index contributed by atoms with van der Waals surface area (Å²) in [5.74, 6) is -0.504. The summed E-state index contributed by atoms with van der Waals surface area (Å²) in [5, 5.41) is 0.437. The van der Waals surface area contributed by atoms with Gasteiger partial charge < -0.3 is 4.74 Å². The van der Waals surface area contributed by atoms with Crippen LogP contribution in [-0.2, 0) is 14.8 Å². The molecule has 0 spiro atoms. The van der Waals surface area contributed by atoms with Crippen LogP contribution in [0.1, 0.15) is 22.8 Å². The summed E-state index contributed by atoms with van der Waals surface area (Å²) in [6.45, 7) is 3.84. The minimum Gasteiger partial charge on any atom is -0.462 e. The summed E-state index contributed by atoms with van der Waals surface area (Å²) in [4.78, 5) is 16.3. The SMILES string of the molecule is CCOC(=O)c1ccnc2c1ccn2S(=O)(=O)c1ccc(C)cc1. The molecule has 0 N–H and O–H groups in total. The number of aromatic nitrogens is 2. The minimum atomic E-state index is -3.79. The van der Waals surface area contributed by atoms with Crippen LogP contribution < -0.4 is 0 Å². The van der Waals surface area contributed by atoms with Crippen molar-refractivity contribution in [2.75, 3.05) is 6.61 Å². The first-order chi connectivity index (χ1) is 11.4. The number of carbonyl (C=O) groups is 1. The number of hydrogen-bond acceptors (Lipinski definition) is 5. The minimum absolute atomic E-state index is 0.161. The van der Waals surface area contributed by atoms with E-state index in [1.165, 1.54) is 18.5 Å². The number of rotatable bonds is 4. The van der Waals surface area contributed by atoms with Gasteiger partial charge in [-0.25, -0.2) is 22.2 Å². The lowest BCUT2D eigenvalue weighted by atomic mass is 10.2. The summed E-state index contributed by atoms with van der Waals surface area (Å²) >= 11 is 0. The Morgan fingerprint density at radius 1 is 1.17 bits per heavy atom. The zero-order valence-corrected chi connectivity index (χ0v) is 14.1. The fourth-order valence-electron chi connectivity index (χ4n) is 2.42. The van der Waals surface area contributed by atoms with Crippen molar-refractivity contribution in [2.24, 2.45) is 0 Å². The van der Waals surface area contributed by atoms with Crippen molar-refractivity contribution in [2.45, 2.75) is 18.7 Å². The van der Waals surface area contributed by atoms with E-state index in [0.717, 1.165) is 9.54 Å². The van der Waals surface area contributed by atoms with Crippen molar-refractivity contribution >= 4 is 27.0 Å². The Balaban J connectivity index is 2.16. The van der Waals surface area contributed by atoms with Crippen LogP contribution in [0.3, 0.4) is 0 Å². The number of benzene rings is 1. The van der Waals surface area contributed by atoms with Gasteiger partial charge in [0.05, 0.1) is 17.1 Å². The highest BCUT2D eigenvalue weighted by Crippen LogP contribution is 2.24. The summed E-state index contributed by atoms with van der Waals surface area (Å²) in [6, 6.07) is 9.63. The second-order valence-electron chi connectivity index (χ2n) is 5.25. The Morgan fingerprint density at radius 3 is 2.54 bits per heavy atom. The van der Waals surface area contributed by atoms with Gasteiger partial charge in [0.1, 0.15) is 0 Å². The average molecular weight is 344 g/mol. The van der Waals surface area contributed by atoms with Crippen molar-refractivity contribution in [1.29, 1.82) is 0 Å². The molecule has 2 heterocycles. The van der Waals surface area contributed by atoms with Crippen LogP contribution in [-0.4, -0.2) is 30.0 Å². The highest BCUT2D eigenvalue weighted by Gasteiger charge is 2.22. The smallest absolute Gasteiger partial charge is 0.338 e. The molecule has 7 heteroatoms. The molecule has 3 rings (SSSR count). The molecule has 0 fully saturated rings. The standard InChI is InChI=1S/C17H16N2O4S/c1-3-23-17(20)15-8-10-18-16-14(15)9-11-19(16)24(21,22)13-6-4-12(2)5-7-13/h4-11H,3H2,1-2H3. The van der Waals surface area contributed by atoms with E-state index < -0.39 is 16.0 Å². The molecule has 24 heavy (non-hydrogen) atoms. The van der Waals surface area contributed by atoms with Gasteiger partial charge in [-0.3, -0.25) is 0 Å². The summed E-state index contributed by atoms with van der Waals surface area (Å²) in [5.41, 5.74) is 1.45. The lowest BCUT2D eigenvalue weighted by Gasteiger charge is -2.08. The van der Waals surface area contributed by atoms with Crippen LogP contribution in [0.4, 0.5) is 0 Å². The molecule has 0 aliphatic rings. The average Bonchev–Trinajstić information content (AvgIpc) is 3.00. The Hall–Kier alpha value is -2.67. The van der Waals surface area contributed by atoms with Crippen LogP contribution in [0.2, 0.25) is 0 Å². The first kappa shape index (κ1) is 16.2. The van der Waals surface area contributed by atoms with Gasteiger partial charge in [-0.1, -0.05) is 17.7 Å². The van der Waals surface area contributed by atoms with E-state index in [9.17, 15) is 13.2 Å². The fourth-order valence-corrected chi connectivity index (χ4v) is 3.72. The fraction of sp³-hybridized carbons (Fsp3) is 0.176. The Labute approximate surface area is 139 Å². The number of pyridine rings is 1. The lowest BCUT2D eigenvalue weighted by Crippen LogP contribution is -2.13. The van der Waals surface area contributed by atoms with E-state index in [-0.39, 0.29) is 17.1 Å². The predicted molar refractivity (Wildman–Crippen MR) is 89.5 cm³/mol. The van der Waals surface area contributed by atoms with Crippen molar-refractivity contribution in [3.05, 3.63) is 59.9 Å². The molecule has 0 aliphatic heterocycles. The molecule has 0 unspecified atom stereocenters. The highest BCUT2D eigenvalue weighted by atomic mass is 32.2. The van der Waals surface area contributed by atoms with Gasteiger partial charge in [0.15, 0.2) is 5.65 Å². The zero-order chi connectivity index (χ0) is 17.3. The van der Waals surface area contributed by atoms with E-state index in [1.54, 1.807) is 37.3 Å². The van der Waals surface area contributed by atoms with E-state index >= 15 is 0 Å². The molecule has 0 saturated heterocycles. The maximum atomic E-state index is 12.8. The molecule has 1 aromatic carbocycles. The van der Waals surface area contributed by atoms with E-state index in [1.807, 2.05) is 6.92 Å². The van der Waals surface area contributed by atoms with Crippen molar-refractivity contribution in [1.82, 2.24) is 8.96 Å². The molecule has 0 bridgehead atoms. The first-order valence-corrected chi connectivity index (χ1v) is 8.84. The van der Waals surface area contributed by atoms with Crippen LogP contribution in [0.5, 0.6) is 0 Å². The third kappa shape index (κ3) is 2.67. The Morgan fingerprint density at radius 2 is 1.88 bits per heavy atom. The summed E-state index contributed by atoms with van der Waals surface area (Å²) < 4.78 is 31.8. The highest BCUT2D eigenvalue weighted by molar-refractivity contribution is 7.90. The number of esters is 1. The number of ether oxygens (including phenoxy) is 1. The normalized spacial score (nSPS) is 11.6. The quantitative estimate of drug-likeness (QED) is 0.680. The molecule has 0 radical (unpaired) electrons. The second kappa shape index (κ2) is 6.09. The van der Waals surface area contributed by atoms with Crippen LogP contribution in [0, 0.1) is 6.92 Å². The Kier molecular flexibility index (Phi) is 4.11. The van der Waals surface area contributed by atoms with Crippen LogP contribution >= 0.6 is 0 Å². The van der Waals surface area contributed by atoms with E-state index in [4.69, 9.17) is 4.74 Å². The molecule has 0 amide bonds. The third-order valence-corrected chi connectivity index (χ3v) is 5.31. The molecule has 0 aliphatic carbocycles. The van der Waals surface area contributed by atoms with Crippen molar-refractivity contribution in [3.63, 3.8) is 0 Å². The van der Waals surface area contributed by atoms with Gasteiger partial charge in [0.25, 0.3) is 10.0 Å². The van der Waals surface area contributed by atoms with Gasteiger partial charge in [-0.2, -0.15) is 0 Å². The van der Waals surface area contributed by atoms with Crippen LogP contribution in [0.25, 0.3) is 11.0 Å². The molecule has 124 valence electrons. The maximum Gasteiger partial charge on any atom is 0.338 e. The largest absolute Gasteiger partial charge is 0.462 e. The van der Waals surface area contributed by atoms with Crippen molar-refractivity contribution in [3.8, 4) is 0 Å². The maximum absolute atomic E-state index is 12.8. The topological polar surface area (TPSA) is 78.3 Å². The van der Waals surface area contributed by atoms with Crippen LogP contribution in [0.15, 0.2) is 53.7 Å². The monoisotopic (exact) mass is 344 g/mol. The number of carbonyl (C=O) groups excluding carboxylic acids is 1. The van der Waals surface area contributed by atoms with Gasteiger partial charge >= 0.3 is 5.97 Å². The number of aryl methyl sites for hydroxylation is 1. The van der Waals surface area contributed by atoms with E-state index in [0.29, 0.717) is 10.9 Å². The summed E-state index contributed by atoms with van der Waals surface area (Å²) in [6.07, 6.45) is 2.80. The number of hydrogen-bond donors (Lipinski definition) is 0. The molecular formula is C17H16N2O4S. The zero-order valence-electron chi connectivity index (χ0n) is 13.3. The number of nitrogens with zero attached hydrogens (tertiary/aromatic N) is 2. The summed E-state index contributed by atoms with van der Waals surface area (Å²) in [7, 11) is -3.79. The molecule has 0 atom stereocenters. The Bertz CT molecular complexity index is 1000.